The molecule has 0 saturated carbocycles. The first-order valence-corrected chi connectivity index (χ1v) is 10.3. The van der Waals surface area contributed by atoms with Crippen LogP contribution in [0.15, 0.2) is 43.8 Å². The minimum Gasteiger partial charge on any atom is -0.361 e. The summed E-state index contributed by atoms with van der Waals surface area (Å²) in [5.74, 6) is 0.862. The third kappa shape index (κ3) is 5.17. The van der Waals surface area contributed by atoms with Crippen LogP contribution >= 0.6 is 23.4 Å². The number of allylic oxidation sites excluding steroid dienone is 4. The number of aryl methyl sites for hydroxylation is 3. The number of aromatic nitrogens is 3. The van der Waals surface area contributed by atoms with E-state index >= 15 is 0 Å². The van der Waals surface area contributed by atoms with Crippen LogP contribution in [0.2, 0.25) is 0 Å². The summed E-state index contributed by atoms with van der Waals surface area (Å²) >= 11 is 7.59. The minimum absolute atomic E-state index is 0.258. The highest BCUT2D eigenvalue weighted by molar-refractivity contribution is 8.03. The Kier molecular flexibility index (Phi) is 7.57. The molecule has 2 aromatic heterocycles. The van der Waals surface area contributed by atoms with E-state index in [0.29, 0.717) is 0 Å². The first-order valence-electron chi connectivity index (χ1n) is 9.07. The minimum atomic E-state index is 0.258. The smallest absolute Gasteiger partial charge is 0.137 e. The molecule has 2 heterocycles. The fourth-order valence-corrected chi connectivity index (χ4v) is 4.25. The molecule has 4 nitrogen and oxygen atoms in total. The summed E-state index contributed by atoms with van der Waals surface area (Å²) < 4.78 is 7.45. The molecule has 0 spiro atoms. The molecule has 0 N–H and O–H groups in total. The van der Waals surface area contributed by atoms with Gasteiger partial charge < -0.3 is 4.52 Å². The van der Waals surface area contributed by atoms with E-state index in [1.165, 1.54) is 11.1 Å². The van der Waals surface area contributed by atoms with Crippen LogP contribution in [0.3, 0.4) is 0 Å². The van der Waals surface area contributed by atoms with E-state index in [0.717, 1.165) is 39.1 Å². The molecule has 0 saturated heterocycles. The van der Waals surface area contributed by atoms with E-state index in [1.54, 1.807) is 17.3 Å². The van der Waals surface area contributed by atoms with Gasteiger partial charge in [-0.2, -0.15) is 5.10 Å². The SMILES string of the molecule is C\C=C(C)/C=C(\C=C\Cl)Sc1c(Cc2c(C)noc2C)c(C)nn1C(C)C. The van der Waals surface area contributed by atoms with Crippen molar-refractivity contribution < 1.29 is 4.52 Å². The molecule has 0 aliphatic heterocycles. The lowest BCUT2D eigenvalue weighted by Crippen LogP contribution is -2.05. The summed E-state index contributed by atoms with van der Waals surface area (Å²) in [5.41, 5.74) is 7.04. The Morgan fingerprint density at radius 1 is 1.22 bits per heavy atom. The Labute approximate surface area is 171 Å². The van der Waals surface area contributed by atoms with Crippen LogP contribution in [-0.4, -0.2) is 14.9 Å². The molecule has 0 aliphatic rings. The Bertz CT molecular complexity index is 868. The van der Waals surface area contributed by atoms with Gasteiger partial charge in [-0.1, -0.05) is 40.2 Å². The maximum Gasteiger partial charge on any atom is 0.137 e. The molecule has 27 heavy (non-hydrogen) atoms. The number of thioether (sulfide) groups is 1. The van der Waals surface area contributed by atoms with Crippen molar-refractivity contribution in [2.24, 2.45) is 0 Å². The summed E-state index contributed by atoms with van der Waals surface area (Å²) in [7, 11) is 0. The third-order valence-electron chi connectivity index (χ3n) is 4.45. The fraction of sp³-hybridized carbons (Fsp3) is 0.429. The van der Waals surface area contributed by atoms with Gasteiger partial charge in [0, 0.05) is 34.0 Å². The van der Waals surface area contributed by atoms with Gasteiger partial charge in [-0.15, -0.1) is 0 Å². The Balaban J connectivity index is 2.54. The summed E-state index contributed by atoms with van der Waals surface area (Å²) in [6.07, 6.45) is 6.89. The van der Waals surface area contributed by atoms with Gasteiger partial charge in [0.1, 0.15) is 10.8 Å². The first-order chi connectivity index (χ1) is 12.8. The second-order valence-electron chi connectivity index (χ2n) is 6.86. The van der Waals surface area contributed by atoms with Crippen LogP contribution in [-0.2, 0) is 6.42 Å². The highest BCUT2D eigenvalue weighted by Crippen LogP contribution is 2.36. The predicted molar refractivity (Wildman–Crippen MR) is 114 cm³/mol. The highest BCUT2D eigenvalue weighted by Gasteiger charge is 2.21. The van der Waals surface area contributed by atoms with E-state index < -0.39 is 0 Å². The molecule has 2 aromatic rings. The third-order valence-corrected chi connectivity index (χ3v) is 5.69. The molecule has 0 aliphatic carbocycles. The number of hydrogen-bond acceptors (Lipinski definition) is 4. The van der Waals surface area contributed by atoms with Gasteiger partial charge in [0.15, 0.2) is 0 Å². The zero-order chi connectivity index (χ0) is 20.1. The van der Waals surface area contributed by atoms with E-state index in [9.17, 15) is 0 Å². The number of halogens is 1. The van der Waals surface area contributed by atoms with E-state index in [2.05, 4.69) is 49.7 Å². The normalized spacial score (nSPS) is 13.4. The van der Waals surface area contributed by atoms with Gasteiger partial charge in [-0.3, -0.25) is 4.68 Å². The Morgan fingerprint density at radius 3 is 2.44 bits per heavy atom. The summed E-state index contributed by atoms with van der Waals surface area (Å²) in [6, 6.07) is 0.258. The van der Waals surface area contributed by atoms with Crippen molar-refractivity contribution in [1.29, 1.82) is 0 Å². The van der Waals surface area contributed by atoms with Gasteiger partial charge >= 0.3 is 0 Å². The van der Waals surface area contributed by atoms with Crippen LogP contribution in [0.4, 0.5) is 0 Å². The number of rotatable bonds is 7. The molecular weight excluding hydrogens is 378 g/mol. The molecule has 0 radical (unpaired) electrons. The van der Waals surface area contributed by atoms with Gasteiger partial charge in [-0.25, -0.2) is 0 Å². The maximum absolute atomic E-state index is 5.90. The first kappa shape index (κ1) is 21.6. The fourth-order valence-electron chi connectivity index (χ4n) is 2.75. The monoisotopic (exact) mass is 405 g/mol. The lowest BCUT2D eigenvalue weighted by atomic mass is 10.0. The predicted octanol–water partition coefficient (Wildman–Crippen LogP) is 6.66. The Hall–Kier alpha value is -1.72. The van der Waals surface area contributed by atoms with Gasteiger partial charge in [0.25, 0.3) is 0 Å². The van der Waals surface area contributed by atoms with Crippen molar-refractivity contribution in [3.8, 4) is 0 Å². The topological polar surface area (TPSA) is 43.9 Å². The van der Waals surface area contributed by atoms with Gasteiger partial charge in [-0.05, 0) is 60.6 Å². The van der Waals surface area contributed by atoms with Crippen molar-refractivity contribution in [1.82, 2.24) is 14.9 Å². The molecule has 146 valence electrons. The van der Waals surface area contributed by atoms with Crippen LogP contribution in [0, 0.1) is 20.8 Å². The second kappa shape index (κ2) is 9.47. The Morgan fingerprint density at radius 2 is 1.93 bits per heavy atom. The summed E-state index contributed by atoms with van der Waals surface area (Å²) in [6.45, 7) is 14.4. The number of hydrogen-bond donors (Lipinski definition) is 0. The van der Waals surface area contributed by atoms with Gasteiger partial charge in [0.2, 0.25) is 0 Å². The van der Waals surface area contributed by atoms with Crippen LogP contribution < -0.4 is 0 Å². The maximum atomic E-state index is 5.90. The lowest BCUT2D eigenvalue weighted by molar-refractivity contribution is 0.392. The summed E-state index contributed by atoms with van der Waals surface area (Å²) in [4.78, 5) is 1.07. The van der Waals surface area contributed by atoms with Crippen molar-refractivity contribution in [3.05, 3.63) is 62.5 Å². The number of nitrogens with zero attached hydrogens (tertiary/aromatic N) is 3. The molecule has 0 aromatic carbocycles. The van der Waals surface area contributed by atoms with E-state index in [4.69, 9.17) is 21.2 Å². The largest absolute Gasteiger partial charge is 0.361 e. The van der Waals surface area contributed by atoms with Crippen LogP contribution in [0.1, 0.15) is 62.0 Å². The molecule has 0 bridgehead atoms. The van der Waals surface area contributed by atoms with Crippen molar-refractivity contribution >= 4 is 23.4 Å². The van der Waals surface area contributed by atoms with Crippen molar-refractivity contribution in [2.75, 3.05) is 0 Å². The average molecular weight is 406 g/mol. The van der Waals surface area contributed by atoms with Crippen molar-refractivity contribution in [2.45, 2.75) is 66.0 Å². The van der Waals surface area contributed by atoms with Crippen LogP contribution in [0.25, 0.3) is 0 Å². The zero-order valence-corrected chi connectivity index (χ0v) is 18.7. The molecule has 0 amide bonds. The molecule has 2 rings (SSSR count). The second-order valence-corrected chi connectivity index (χ2v) is 8.18. The molecule has 0 unspecified atom stereocenters. The standard InChI is InChI=1S/C21H28ClN3OS/c1-8-14(4)11-18(9-10-22)27-21-20(15(5)23-25(21)13(2)3)12-19-16(6)24-26-17(19)7/h8-11,13H,12H2,1-7H3/b10-9+,14-8-,18-11+. The molecule has 6 heteroatoms. The summed E-state index contributed by atoms with van der Waals surface area (Å²) in [5, 5.41) is 10.0. The molecule has 0 atom stereocenters. The molecule has 0 fully saturated rings. The molecular formula is C21H28ClN3OS. The lowest BCUT2D eigenvalue weighted by Gasteiger charge is -2.13. The van der Waals surface area contributed by atoms with E-state index in [1.807, 2.05) is 26.8 Å². The zero-order valence-electron chi connectivity index (χ0n) is 17.1. The quantitative estimate of drug-likeness (QED) is 0.381. The highest BCUT2D eigenvalue weighted by atomic mass is 35.5. The van der Waals surface area contributed by atoms with Crippen LogP contribution in [0.5, 0.6) is 0 Å². The van der Waals surface area contributed by atoms with Crippen molar-refractivity contribution in [3.63, 3.8) is 0 Å². The van der Waals surface area contributed by atoms with E-state index in [-0.39, 0.29) is 6.04 Å². The average Bonchev–Trinajstić information content (AvgIpc) is 3.09. The van der Waals surface area contributed by atoms with Gasteiger partial charge in [0.05, 0.1) is 11.4 Å².